The predicted octanol–water partition coefficient (Wildman–Crippen LogP) is 13.5. The SMILES string of the molecule is N#Cc1ccc2c(c1)c1ccccc1n2-c1ccc2c(c1)c1ccccc1n2-c1ccc2c(c1)C1(c3cc(-n4c5ccccc5c5ccncc54)ccc3O2)c2cccnc2-c2ncccc21. The fourth-order valence-corrected chi connectivity index (χ4v) is 11.7. The molecule has 0 N–H and O–H groups in total. The third kappa shape index (κ3) is 4.66. The molecule has 13 aromatic rings. The van der Waals surface area contributed by atoms with Crippen molar-refractivity contribution in [3.8, 4) is 46.0 Å². The highest BCUT2D eigenvalue weighted by atomic mass is 16.5. The van der Waals surface area contributed by atoms with E-state index in [1.54, 1.807) is 0 Å². The zero-order valence-electron chi connectivity index (χ0n) is 35.6. The number of nitrogens with zero attached hydrogens (tertiary/aromatic N) is 7. The molecule has 8 nitrogen and oxygen atoms in total. The fourth-order valence-electron chi connectivity index (χ4n) is 11.7. The molecule has 6 aromatic heterocycles. The van der Waals surface area contributed by atoms with Crippen LogP contribution in [0.1, 0.15) is 27.8 Å². The summed E-state index contributed by atoms with van der Waals surface area (Å²) in [5.74, 6) is 1.57. The molecular weight excluding hydrogens is 823 g/mol. The van der Waals surface area contributed by atoms with Gasteiger partial charge < -0.3 is 18.4 Å². The third-order valence-corrected chi connectivity index (χ3v) is 14.3. The lowest BCUT2D eigenvalue weighted by Crippen LogP contribution is -2.32. The quantitative estimate of drug-likeness (QED) is 0.177. The summed E-state index contributed by atoms with van der Waals surface area (Å²) in [6.07, 6.45) is 7.55. The maximum absolute atomic E-state index is 9.80. The fraction of sp³-hybridized carbons (Fsp3) is 0.0169. The molecule has 310 valence electrons. The van der Waals surface area contributed by atoms with Crippen LogP contribution in [0.2, 0.25) is 0 Å². The van der Waals surface area contributed by atoms with Gasteiger partial charge in [-0.05, 0) is 120 Å². The summed E-state index contributed by atoms with van der Waals surface area (Å²) in [5, 5.41) is 16.6. The van der Waals surface area contributed by atoms with Crippen LogP contribution in [-0.4, -0.2) is 28.7 Å². The van der Waals surface area contributed by atoms with Crippen LogP contribution < -0.4 is 4.74 Å². The summed E-state index contributed by atoms with van der Waals surface area (Å²) in [6, 6.07) is 64.6. The van der Waals surface area contributed by atoms with Gasteiger partial charge >= 0.3 is 0 Å². The number of para-hydroxylation sites is 3. The van der Waals surface area contributed by atoms with E-state index in [1.165, 1.54) is 5.39 Å². The molecule has 0 fully saturated rings. The molecule has 1 aliphatic carbocycles. The standard InChI is InChI=1S/C59H33N7O/c60-33-35-17-21-52-43(29-35)40-10-2-5-15-50(40)64(52)36-18-22-53-44(30-36)41-11-3-6-16-51(41)65(53)37-19-23-55-47(31-37)59(45-12-7-26-62-57(45)58-46(59)13-8-27-63-58)48-32-38(20-24-56(48)67-55)66-49-14-4-1-9-39(49)42-25-28-61-34-54(42)66/h1-32,34H. The van der Waals surface area contributed by atoms with Crippen molar-refractivity contribution in [2.24, 2.45) is 0 Å². The topological polar surface area (TPSA) is 86.5 Å². The maximum Gasteiger partial charge on any atom is 0.132 e. The van der Waals surface area contributed by atoms with Crippen molar-refractivity contribution in [3.63, 3.8) is 0 Å². The summed E-state index contributed by atoms with van der Waals surface area (Å²) in [6.45, 7) is 0. The van der Waals surface area contributed by atoms with E-state index in [0.717, 1.165) is 122 Å². The highest BCUT2D eigenvalue weighted by molar-refractivity contribution is 6.13. The summed E-state index contributed by atoms with van der Waals surface area (Å²) in [7, 11) is 0. The number of fused-ring (bicyclic) bond motifs is 18. The van der Waals surface area contributed by atoms with Crippen molar-refractivity contribution < 1.29 is 4.74 Å². The van der Waals surface area contributed by atoms with E-state index in [2.05, 4.69) is 176 Å². The van der Waals surface area contributed by atoms with Gasteiger partial charge in [-0.25, -0.2) is 0 Å². The van der Waals surface area contributed by atoms with Gasteiger partial charge in [0.15, 0.2) is 0 Å². The van der Waals surface area contributed by atoms with E-state index in [1.807, 2.05) is 49.1 Å². The Hall–Kier alpha value is -9.32. The molecule has 15 rings (SSSR count). The van der Waals surface area contributed by atoms with Crippen molar-refractivity contribution in [3.05, 3.63) is 229 Å². The third-order valence-electron chi connectivity index (χ3n) is 14.3. The number of pyridine rings is 3. The van der Waals surface area contributed by atoms with E-state index >= 15 is 0 Å². The predicted molar refractivity (Wildman–Crippen MR) is 265 cm³/mol. The van der Waals surface area contributed by atoms with E-state index in [9.17, 15) is 5.26 Å². The first-order chi connectivity index (χ1) is 33.2. The Kier molecular flexibility index (Phi) is 7.07. The molecule has 8 heteroatoms. The number of hydrogen-bond acceptors (Lipinski definition) is 5. The van der Waals surface area contributed by atoms with Gasteiger partial charge in [0, 0.05) is 79.1 Å². The molecule has 0 unspecified atom stereocenters. The van der Waals surface area contributed by atoms with Gasteiger partial charge in [0.05, 0.1) is 67.7 Å². The molecule has 0 amide bonds. The van der Waals surface area contributed by atoms with E-state index in [-0.39, 0.29) is 0 Å². The van der Waals surface area contributed by atoms with Gasteiger partial charge in [-0.1, -0.05) is 66.7 Å². The zero-order chi connectivity index (χ0) is 44.0. The highest BCUT2D eigenvalue weighted by Crippen LogP contribution is 2.62. The van der Waals surface area contributed by atoms with Gasteiger partial charge in [-0.15, -0.1) is 0 Å². The second-order valence-electron chi connectivity index (χ2n) is 17.5. The minimum Gasteiger partial charge on any atom is -0.457 e. The lowest BCUT2D eigenvalue weighted by atomic mass is 9.66. The van der Waals surface area contributed by atoms with Crippen LogP contribution in [0.25, 0.3) is 93.9 Å². The van der Waals surface area contributed by atoms with Crippen molar-refractivity contribution >= 4 is 65.4 Å². The number of rotatable bonds is 3. The average Bonchev–Trinajstić information content (AvgIpc) is 4.10. The Bertz CT molecular complexity index is 4260. The molecule has 7 heterocycles. The maximum atomic E-state index is 9.80. The molecule has 7 aromatic carbocycles. The zero-order valence-corrected chi connectivity index (χ0v) is 35.6. The summed E-state index contributed by atoms with van der Waals surface area (Å²) < 4.78 is 14.1. The molecule has 0 saturated heterocycles. The summed E-state index contributed by atoms with van der Waals surface area (Å²) >= 11 is 0. The van der Waals surface area contributed by atoms with Crippen LogP contribution in [0.4, 0.5) is 0 Å². The molecule has 1 aliphatic heterocycles. The van der Waals surface area contributed by atoms with E-state index < -0.39 is 5.41 Å². The second-order valence-corrected chi connectivity index (χ2v) is 17.5. The average molecular weight is 856 g/mol. The molecule has 0 bridgehead atoms. The van der Waals surface area contributed by atoms with E-state index in [0.29, 0.717) is 5.56 Å². The summed E-state index contributed by atoms with van der Waals surface area (Å²) in [5.41, 5.74) is 15.3. The lowest BCUT2D eigenvalue weighted by molar-refractivity contribution is 0.436. The number of nitriles is 1. The van der Waals surface area contributed by atoms with Gasteiger partial charge in [0.25, 0.3) is 0 Å². The Labute approximate surface area is 382 Å². The first-order valence-corrected chi connectivity index (χ1v) is 22.4. The largest absolute Gasteiger partial charge is 0.457 e. The second kappa shape index (κ2) is 13.1. The number of hydrogen-bond donors (Lipinski definition) is 0. The molecule has 0 atom stereocenters. The van der Waals surface area contributed by atoms with Crippen molar-refractivity contribution in [1.82, 2.24) is 28.7 Å². The molecule has 1 spiro atoms. The number of ether oxygens (including phenoxy) is 1. The van der Waals surface area contributed by atoms with Crippen LogP contribution in [0, 0.1) is 11.3 Å². The van der Waals surface area contributed by atoms with Crippen LogP contribution in [-0.2, 0) is 5.41 Å². The molecule has 0 saturated carbocycles. The Morgan fingerprint density at radius 2 is 0.881 bits per heavy atom. The molecule has 0 radical (unpaired) electrons. The lowest BCUT2D eigenvalue weighted by Gasteiger charge is -2.39. The van der Waals surface area contributed by atoms with Gasteiger partial charge in [0.1, 0.15) is 11.5 Å². The summed E-state index contributed by atoms with van der Waals surface area (Å²) in [4.78, 5) is 14.7. The molecule has 67 heavy (non-hydrogen) atoms. The van der Waals surface area contributed by atoms with Gasteiger partial charge in [-0.2, -0.15) is 5.26 Å². The van der Waals surface area contributed by atoms with Crippen molar-refractivity contribution in [2.45, 2.75) is 5.41 Å². The monoisotopic (exact) mass is 855 g/mol. The number of aromatic nitrogens is 6. The van der Waals surface area contributed by atoms with Crippen molar-refractivity contribution in [1.29, 1.82) is 5.26 Å². The highest BCUT2D eigenvalue weighted by Gasteiger charge is 2.52. The first-order valence-electron chi connectivity index (χ1n) is 22.4. The van der Waals surface area contributed by atoms with Gasteiger partial charge in [0.2, 0.25) is 0 Å². The van der Waals surface area contributed by atoms with Crippen LogP contribution in [0.5, 0.6) is 11.5 Å². The minimum atomic E-state index is -0.826. The van der Waals surface area contributed by atoms with Crippen LogP contribution >= 0.6 is 0 Å². The first kappa shape index (κ1) is 36.1. The number of benzene rings is 7. The Balaban J connectivity index is 0.985. The van der Waals surface area contributed by atoms with Crippen LogP contribution in [0.3, 0.4) is 0 Å². The minimum absolute atomic E-state index is 0.646. The van der Waals surface area contributed by atoms with Crippen LogP contribution in [0.15, 0.2) is 201 Å². The Morgan fingerprint density at radius 1 is 0.403 bits per heavy atom. The van der Waals surface area contributed by atoms with E-state index in [4.69, 9.17) is 14.7 Å². The normalized spacial score (nSPS) is 13.3. The smallest absolute Gasteiger partial charge is 0.132 e. The molecular formula is C59H33N7O. The van der Waals surface area contributed by atoms with Gasteiger partial charge in [-0.3, -0.25) is 15.0 Å². The Morgan fingerprint density at radius 3 is 1.48 bits per heavy atom. The molecule has 2 aliphatic rings. The van der Waals surface area contributed by atoms with Crippen molar-refractivity contribution in [2.75, 3.05) is 0 Å².